The molecule has 0 saturated carbocycles. The van der Waals surface area contributed by atoms with E-state index >= 15 is 0 Å². The van der Waals surface area contributed by atoms with Gasteiger partial charge in [-0.15, -0.1) is 6.54 Å². The van der Waals surface area contributed by atoms with Crippen LogP contribution in [0.2, 0.25) is 0 Å². The second kappa shape index (κ2) is 6.55. The standard InChI is InChI=1S/C8H18N.Zr/c1-6-9(7(2)3)8(4)5;/h7-8H,1,6H2,2-5H3;/q-1;. The van der Waals surface area contributed by atoms with E-state index in [1.807, 2.05) is 0 Å². The zero-order valence-corrected chi connectivity index (χ0v) is 9.97. The second-order valence-electron chi connectivity index (χ2n) is 2.93. The van der Waals surface area contributed by atoms with Crippen LogP contribution < -0.4 is 0 Å². The van der Waals surface area contributed by atoms with Crippen molar-refractivity contribution in [3.8, 4) is 0 Å². The average Bonchev–Trinajstić information content (AvgIpc) is 1.64. The Morgan fingerprint density at radius 2 is 1.40 bits per heavy atom. The van der Waals surface area contributed by atoms with E-state index < -0.39 is 0 Å². The first kappa shape index (κ1) is 13.4. The van der Waals surface area contributed by atoms with E-state index in [1.54, 1.807) is 0 Å². The SMILES string of the molecule is [CH2-]CN(C(C)C)C(C)C.[Zr]. The van der Waals surface area contributed by atoms with Crippen LogP contribution in [0, 0.1) is 6.92 Å². The molecule has 0 aromatic heterocycles. The van der Waals surface area contributed by atoms with E-state index in [9.17, 15) is 0 Å². The minimum atomic E-state index is 0. The minimum absolute atomic E-state index is 0. The molecule has 0 amide bonds. The molecule has 0 unspecified atom stereocenters. The summed E-state index contributed by atoms with van der Waals surface area (Å²) < 4.78 is 0. The summed E-state index contributed by atoms with van der Waals surface area (Å²) in [4.78, 5) is 2.35. The van der Waals surface area contributed by atoms with Crippen molar-refractivity contribution >= 4 is 0 Å². The molecule has 0 saturated heterocycles. The zero-order valence-electron chi connectivity index (χ0n) is 7.52. The van der Waals surface area contributed by atoms with Crippen LogP contribution in [0.1, 0.15) is 27.7 Å². The van der Waals surface area contributed by atoms with Gasteiger partial charge in [-0.2, -0.15) is 0 Å². The Morgan fingerprint density at radius 1 is 1.10 bits per heavy atom. The fourth-order valence-corrected chi connectivity index (χ4v) is 1.11. The Labute approximate surface area is 84.3 Å². The fourth-order valence-electron chi connectivity index (χ4n) is 1.11. The summed E-state index contributed by atoms with van der Waals surface area (Å²) in [6, 6.07) is 1.25. The molecule has 0 aromatic carbocycles. The molecular weight excluding hydrogens is 201 g/mol. The van der Waals surface area contributed by atoms with E-state index in [2.05, 4.69) is 39.5 Å². The smallest absolute Gasteiger partial charge is 0.00127 e. The molecule has 60 valence electrons. The average molecular weight is 219 g/mol. The van der Waals surface area contributed by atoms with Crippen LogP contribution in [0.25, 0.3) is 0 Å². The van der Waals surface area contributed by atoms with Gasteiger partial charge in [0.25, 0.3) is 0 Å². The van der Waals surface area contributed by atoms with Gasteiger partial charge in [0, 0.05) is 38.3 Å². The first-order valence-corrected chi connectivity index (χ1v) is 3.64. The topological polar surface area (TPSA) is 3.24 Å². The molecule has 0 rings (SSSR count). The predicted molar refractivity (Wildman–Crippen MR) is 42.3 cm³/mol. The molecule has 0 spiro atoms. The molecule has 1 nitrogen and oxygen atoms in total. The Hall–Kier alpha value is 0.843. The normalized spacial score (nSPS) is 10.8. The fraction of sp³-hybridized carbons (Fsp3) is 0.875. The third-order valence-corrected chi connectivity index (χ3v) is 1.58. The van der Waals surface area contributed by atoms with Gasteiger partial charge in [0.15, 0.2) is 0 Å². The van der Waals surface area contributed by atoms with Crippen LogP contribution in [-0.2, 0) is 26.2 Å². The first-order chi connectivity index (χ1) is 4.09. The van der Waals surface area contributed by atoms with Crippen molar-refractivity contribution in [2.24, 2.45) is 0 Å². The maximum absolute atomic E-state index is 3.85. The number of nitrogens with zero attached hydrogens (tertiary/aromatic N) is 1. The predicted octanol–water partition coefficient (Wildman–Crippen LogP) is 1.94. The number of hydrogen-bond donors (Lipinski definition) is 0. The van der Waals surface area contributed by atoms with Gasteiger partial charge < -0.3 is 11.8 Å². The Bertz CT molecular complexity index is 63.7. The maximum atomic E-state index is 3.85. The van der Waals surface area contributed by atoms with Crippen LogP contribution in [-0.4, -0.2) is 23.5 Å². The van der Waals surface area contributed by atoms with E-state index in [4.69, 9.17) is 0 Å². The van der Waals surface area contributed by atoms with Gasteiger partial charge in [-0.3, -0.25) is 0 Å². The maximum Gasteiger partial charge on any atom is 0.00127 e. The summed E-state index contributed by atoms with van der Waals surface area (Å²) in [7, 11) is 0. The molecule has 0 heterocycles. The first-order valence-electron chi connectivity index (χ1n) is 3.64. The van der Waals surface area contributed by atoms with Crippen molar-refractivity contribution in [1.29, 1.82) is 0 Å². The van der Waals surface area contributed by atoms with Gasteiger partial charge in [0.05, 0.1) is 0 Å². The Morgan fingerprint density at radius 3 is 1.40 bits per heavy atom. The van der Waals surface area contributed by atoms with E-state index in [1.165, 1.54) is 0 Å². The molecule has 0 fully saturated rings. The number of hydrogen-bond acceptors (Lipinski definition) is 1. The van der Waals surface area contributed by atoms with Gasteiger partial charge in [0.1, 0.15) is 0 Å². The molecule has 0 atom stereocenters. The van der Waals surface area contributed by atoms with Crippen molar-refractivity contribution < 1.29 is 26.2 Å². The summed E-state index contributed by atoms with van der Waals surface area (Å²) in [5, 5.41) is 0. The van der Waals surface area contributed by atoms with Crippen molar-refractivity contribution in [3.63, 3.8) is 0 Å². The van der Waals surface area contributed by atoms with Crippen molar-refractivity contribution in [2.75, 3.05) is 6.54 Å². The van der Waals surface area contributed by atoms with Gasteiger partial charge in [-0.1, -0.05) is 0 Å². The molecule has 0 aliphatic rings. The molecular formula is C8H18NZr-. The summed E-state index contributed by atoms with van der Waals surface area (Å²) in [6.07, 6.45) is 0. The Kier molecular flexibility index (Phi) is 8.80. The summed E-state index contributed by atoms with van der Waals surface area (Å²) in [5.74, 6) is 0. The van der Waals surface area contributed by atoms with Crippen LogP contribution in [0.4, 0.5) is 0 Å². The van der Waals surface area contributed by atoms with E-state index in [0.717, 1.165) is 6.54 Å². The van der Waals surface area contributed by atoms with Gasteiger partial charge in [-0.25, -0.2) is 0 Å². The molecule has 0 aliphatic carbocycles. The van der Waals surface area contributed by atoms with Crippen molar-refractivity contribution in [3.05, 3.63) is 6.92 Å². The van der Waals surface area contributed by atoms with Gasteiger partial charge in [0.2, 0.25) is 0 Å². The van der Waals surface area contributed by atoms with E-state index in [-0.39, 0.29) is 26.2 Å². The largest absolute Gasteiger partial charge is 0.330 e. The zero-order chi connectivity index (χ0) is 7.44. The summed E-state index contributed by atoms with van der Waals surface area (Å²) in [6.45, 7) is 13.6. The molecule has 2 heteroatoms. The van der Waals surface area contributed by atoms with Crippen LogP contribution in [0.15, 0.2) is 0 Å². The monoisotopic (exact) mass is 218 g/mol. The second-order valence-corrected chi connectivity index (χ2v) is 2.93. The molecule has 0 radical (unpaired) electrons. The number of rotatable bonds is 3. The molecule has 0 aromatic rings. The molecule has 0 bridgehead atoms. The van der Waals surface area contributed by atoms with Crippen molar-refractivity contribution in [1.82, 2.24) is 4.90 Å². The minimum Gasteiger partial charge on any atom is -0.330 e. The Balaban J connectivity index is 0. The van der Waals surface area contributed by atoms with Crippen LogP contribution >= 0.6 is 0 Å². The molecule has 0 aliphatic heterocycles. The quantitative estimate of drug-likeness (QED) is 0.656. The van der Waals surface area contributed by atoms with Crippen molar-refractivity contribution in [2.45, 2.75) is 39.8 Å². The van der Waals surface area contributed by atoms with Crippen LogP contribution in [0.5, 0.6) is 0 Å². The van der Waals surface area contributed by atoms with Gasteiger partial charge >= 0.3 is 0 Å². The van der Waals surface area contributed by atoms with Gasteiger partial charge in [-0.05, 0) is 27.7 Å². The van der Waals surface area contributed by atoms with E-state index in [0.29, 0.717) is 12.1 Å². The van der Waals surface area contributed by atoms with Crippen LogP contribution in [0.3, 0.4) is 0 Å². The third-order valence-electron chi connectivity index (χ3n) is 1.58. The molecule has 0 N–H and O–H groups in total. The summed E-state index contributed by atoms with van der Waals surface area (Å²) >= 11 is 0. The summed E-state index contributed by atoms with van der Waals surface area (Å²) in [5.41, 5.74) is 0. The molecule has 10 heavy (non-hydrogen) atoms. The third kappa shape index (κ3) is 4.63.